The molecule has 1 rings (SSSR count). The van der Waals surface area contributed by atoms with Gasteiger partial charge in [-0.1, -0.05) is 24.6 Å². The molecule has 2 N–H and O–H groups in total. The van der Waals surface area contributed by atoms with Crippen LogP contribution in [0.15, 0.2) is 29.3 Å². The second-order valence-corrected chi connectivity index (χ2v) is 4.79. The summed E-state index contributed by atoms with van der Waals surface area (Å²) >= 11 is 0. The third-order valence-electron chi connectivity index (χ3n) is 2.92. The first-order valence-corrected chi connectivity index (χ1v) is 7.40. The minimum Gasteiger partial charge on any atom is -0.494 e. The fourth-order valence-electron chi connectivity index (χ4n) is 1.72. The minimum absolute atomic E-state index is 0.756. The van der Waals surface area contributed by atoms with E-state index in [-0.39, 0.29) is 0 Å². The maximum atomic E-state index is 5.69. The van der Waals surface area contributed by atoms with Crippen LogP contribution in [-0.4, -0.2) is 32.7 Å². The van der Waals surface area contributed by atoms with Crippen LogP contribution < -0.4 is 15.4 Å². The van der Waals surface area contributed by atoms with Gasteiger partial charge in [0.2, 0.25) is 0 Å². The molecular weight excluding hydrogens is 250 g/mol. The van der Waals surface area contributed by atoms with E-state index in [2.05, 4.69) is 41.6 Å². The standard InChI is InChI=1S/C16H27N3O/c1-4-11-18-16(17-3)19-12-5-6-13-20-15-9-7-14(2)8-10-15/h7-10H,4-6,11-13H2,1-3H3,(H2,17,18,19). The average Bonchev–Trinajstić information content (AvgIpc) is 2.47. The summed E-state index contributed by atoms with van der Waals surface area (Å²) in [5, 5.41) is 6.54. The molecule has 0 bridgehead atoms. The van der Waals surface area contributed by atoms with Crippen LogP contribution in [0, 0.1) is 6.92 Å². The summed E-state index contributed by atoms with van der Waals surface area (Å²) in [6.07, 6.45) is 3.20. The lowest BCUT2D eigenvalue weighted by Gasteiger charge is -2.11. The Morgan fingerprint density at radius 1 is 1.10 bits per heavy atom. The molecule has 0 aromatic heterocycles. The number of unbranched alkanes of at least 4 members (excludes halogenated alkanes) is 1. The highest BCUT2D eigenvalue weighted by molar-refractivity contribution is 5.79. The smallest absolute Gasteiger partial charge is 0.190 e. The van der Waals surface area contributed by atoms with Gasteiger partial charge in [0.1, 0.15) is 5.75 Å². The first-order valence-electron chi connectivity index (χ1n) is 7.40. The van der Waals surface area contributed by atoms with Gasteiger partial charge >= 0.3 is 0 Å². The van der Waals surface area contributed by atoms with Crippen molar-refractivity contribution in [3.8, 4) is 5.75 Å². The number of nitrogens with zero attached hydrogens (tertiary/aromatic N) is 1. The van der Waals surface area contributed by atoms with Crippen LogP contribution in [0.4, 0.5) is 0 Å². The quantitative estimate of drug-likeness (QED) is 0.436. The van der Waals surface area contributed by atoms with Crippen LogP contribution in [0.25, 0.3) is 0 Å². The SMILES string of the molecule is CCCNC(=NC)NCCCCOc1ccc(C)cc1. The van der Waals surface area contributed by atoms with Gasteiger partial charge in [-0.3, -0.25) is 4.99 Å². The number of benzene rings is 1. The lowest BCUT2D eigenvalue weighted by molar-refractivity contribution is 0.307. The van der Waals surface area contributed by atoms with Gasteiger partial charge in [0.15, 0.2) is 5.96 Å². The summed E-state index contributed by atoms with van der Waals surface area (Å²) in [4.78, 5) is 4.16. The number of guanidine groups is 1. The fourth-order valence-corrected chi connectivity index (χ4v) is 1.72. The zero-order chi connectivity index (χ0) is 14.6. The van der Waals surface area contributed by atoms with Crippen LogP contribution >= 0.6 is 0 Å². The number of hydrogen-bond acceptors (Lipinski definition) is 2. The van der Waals surface area contributed by atoms with Crippen molar-refractivity contribution >= 4 is 5.96 Å². The molecule has 4 heteroatoms. The van der Waals surface area contributed by atoms with Gasteiger partial charge in [0, 0.05) is 20.1 Å². The molecule has 0 aliphatic carbocycles. The van der Waals surface area contributed by atoms with E-state index in [1.54, 1.807) is 7.05 Å². The van der Waals surface area contributed by atoms with Gasteiger partial charge in [-0.05, 0) is 38.3 Å². The second kappa shape index (κ2) is 10.1. The highest BCUT2D eigenvalue weighted by atomic mass is 16.5. The molecule has 0 spiro atoms. The van der Waals surface area contributed by atoms with Gasteiger partial charge in [-0.25, -0.2) is 0 Å². The summed E-state index contributed by atoms with van der Waals surface area (Å²) in [5.41, 5.74) is 1.26. The van der Waals surface area contributed by atoms with Crippen molar-refractivity contribution in [3.05, 3.63) is 29.8 Å². The van der Waals surface area contributed by atoms with E-state index in [1.807, 2.05) is 12.1 Å². The summed E-state index contributed by atoms with van der Waals surface area (Å²) in [6, 6.07) is 8.18. The normalized spacial score (nSPS) is 11.2. The molecular formula is C16H27N3O. The molecule has 0 aliphatic heterocycles. The summed E-state index contributed by atoms with van der Waals surface area (Å²) in [7, 11) is 1.80. The predicted molar refractivity (Wildman–Crippen MR) is 85.6 cm³/mol. The molecule has 0 unspecified atom stereocenters. The number of ether oxygens (including phenoxy) is 1. The van der Waals surface area contributed by atoms with Gasteiger partial charge in [-0.2, -0.15) is 0 Å². The summed E-state index contributed by atoms with van der Waals surface area (Å²) in [5.74, 6) is 1.83. The lowest BCUT2D eigenvalue weighted by Crippen LogP contribution is -2.38. The zero-order valence-corrected chi connectivity index (χ0v) is 12.9. The Labute approximate surface area is 122 Å². The number of hydrogen-bond donors (Lipinski definition) is 2. The van der Waals surface area contributed by atoms with E-state index in [9.17, 15) is 0 Å². The molecule has 0 saturated heterocycles. The maximum Gasteiger partial charge on any atom is 0.190 e. The first-order chi connectivity index (χ1) is 9.76. The van der Waals surface area contributed by atoms with Crippen molar-refractivity contribution in [2.45, 2.75) is 33.1 Å². The molecule has 1 aromatic carbocycles. The van der Waals surface area contributed by atoms with Gasteiger partial charge in [-0.15, -0.1) is 0 Å². The van der Waals surface area contributed by atoms with E-state index < -0.39 is 0 Å². The Morgan fingerprint density at radius 3 is 2.45 bits per heavy atom. The monoisotopic (exact) mass is 277 g/mol. The van der Waals surface area contributed by atoms with Crippen LogP contribution in [0.2, 0.25) is 0 Å². The minimum atomic E-state index is 0.756. The highest BCUT2D eigenvalue weighted by Crippen LogP contribution is 2.11. The Balaban J connectivity index is 2.05. The van der Waals surface area contributed by atoms with E-state index in [4.69, 9.17) is 4.74 Å². The van der Waals surface area contributed by atoms with Crippen molar-refractivity contribution in [1.29, 1.82) is 0 Å². The molecule has 1 aromatic rings. The molecule has 0 atom stereocenters. The fraction of sp³-hybridized carbons (Fsp3) is 0.562. The Kier molecular flexibility index (Phi) is 8.27. The second-order valence-electron chi connectivity index (χ2n) is 4.79. The third-order valence-corrected chi connectivity index (χ3v) is 2.92. The Morgan fingerprint density at radius 2 is 1.80 bits per heavy atom. The van der Waals surface area contributed by atoms with Crippen molar-refractivity contribution in [1.82, 2.24) is 10.6 Å². The Bertz CT molecular complexity index is 387. The van der Waals surface area contributed by atoms with Gasteiger partial charge in [0.05, 0.1) is 6.61 Å². The number of aliphatic imine (C=N–C) groups is 1. The molecule has 0 heterocycles. The van der Waals surface area contributed by atoms with E-state index in [0.29, 0.717) is 0 Å². The molecule has 0 radical (unpaired) electrons. The Hall–Kier alpha value is -1.71. The zero-order valence-electron chi connectivity index (χ0n) is 12.9. The van der Waals surface area contributed by atoms with Gasteiger partial charge < -0.3 is 15.4 Å². The molecule has 0 saturated carbocycles. The van der Waals surface area contributed by atoms with Crippen molar-refractivity contribution in [2.24, 2.45) is 4.99 Å². The number of nitrogens with one attached hydrogen (secondary N) is 2. The van der Waals surface area contributed by atoms with Crippen molar-refractivity contribution in [2.75, 3.05) is 26.7 Å². The third kappa shape index (κ3) is 7.02. The maximum absolute atomic E-state index is 5.69. The van der Waals surface area contributed by atoms with E-state index in [1.165, 1.54) is 5.56 Å². The number of aryl methyl sites for hydroxylation is 1. The first kappa shape index (κ1) is 16.3. The van der Waals surface area contributed by atoms with E-state index >= 15 is 0 Å². The van der Waals surface area contributed by atoms with Gasteiger partial charge in [0.25, 0.3) is 0 Å². The number of rotatable bonds is 8. The van der Waals surface area contributed by atoms with Crippen molar-refractivity contribution in [3.63, 3.8) is 0 Å². The largest absolute Gasteiger partial charge is 0.494 e. The molecule has 20 heavy (non-hydrogen) atoms. The highest BCUT2D eigenvalue weighted by Gasteiger charge is 1.96. The molecule has 112 valence electrons. The van der Waals surface area contributed by atoms with Crippen LogP contribution in [0.3, 0.4) is 0 Å². The lowest BCUT2D eigenvalue weighted by atomic mass is 10.2. The topological polar surface area (TPSA) is 45.7 Å². The van der Waals surface area contributed by atoms with Crippen molar-refractivity contribution < 1.29 is 4.74 Å². The molecule has 0 fully saturated rings. The molecule has 4 nitrogen and oxygen atoms in total. The molecule has 0 amide bonds. The average molecular weight is 277 g/mol. The summed E-state index contributed by atoms with van der Waals surface area (Å²) in [6.45, 7) is 6.85. The van der Waals surface area contributed by atoms with E-state index in [0.717, 1.165) is 50.7 Å². The predicted octanol–water partition coefficient (Wildman–Crippen LogP) is 2.73. The van der Waals surface area contributed by atoms with Crippen LogP contribution in [0.1, 0.15) is 31.7 Å². The summed E-state index contributed by atoms with van der Waals surface area (Å²) < 4.78 is 5.69. The molecule has 0 aliphatic rings. The van der Waals surface area contributed by atoms with Crippen LogP contribution in [0.5, 0.6) is 5.75 Å². The van der Waals surface area contributed by atoms with Crippen LogP contribution in [-0.2, 0) is 0 Å².